The first-order chi connectivity index (χ1) is 15.2. The fraction of sp³-hybridized carbons (Fsp3) is 0.609. The van der Waals surface area contributed by atoms with Gasteiger partial charge in [0.25, 0.3) is 5.91 Å². The molecule has 1 aromatic rings. The van der Waals surface area contributed by atoms with Gasteiger partial charge in [-0.2, -0.15) is 0 Å². The van der Waals surface area contributed by atoms with Crippen molar-refractivity contribution >= 4 is 11.9 Å². The molecule has 3 amide bonds. The third kappa shape index (κ3) is 6.58. The SMILES string of the molecule is CCCNC(=O)N(C)C[C@H]1Oc2ncc(C#C[C@H](C)O)cc2C(=O)N([C@@H](C)CO)C[C@@H]1C. The number of nitrogens with one attached hydrogen (secondary N) is 1. The van der Waals surface area contributed by atoms with Crippen LogP contribution in [0.25, 0.3) is 0 Å². The molecule has 0 unspecified atom stereocenters. The molecule has 1 aliphatic heterocycles. The lowest BCUT2D eigenvalue weighted by Crippen LogP contribution is -2.51. The van der Waals surface area contributed by atoms with E-state index < -0.39 is 18.2 Å². The molecular weight excluding hydrogens is 412 g/mol. The summed E-state index contributed by atoms with van der Waals surface area (Å²) in [5.41, 5.74) is 0.706. The molecule has 1 aromatic heterocycles. The highest BCUT2D eigenvalue weighted by Gasteiger charge is 2.34. The monoisotopic (exact) mass is 446 g/mol. The second kappa shape index (κ2) is 11.7. The molecule has 32 heavy (non-hydrogen) atoms. The molecule has 9 heteroatoms. The Morgan fingerprint density at radius 3 is 2.81 bits per heavy atom. The fourth-order valence-corrected chi connectivity index (χ4v) is 3.30. The third-order valence-electron chi connectivity index (χ3n) is 5.27. The number of aliphatic hydroxyl groups excluding tert-OH is 2. The Hall–Kier alpha value is -2.83. The average molecular weight is 447 g/mol. The summed E-state index contributed by atoms with van der Waals surface area (Å²) in [5.74, 6) is 5.15. The number of likely N-dealkylation sites (N-methyl/N-ethyl adjacent to an activating group) is 1. The Bertz CT molecular complexity index is 864. The normalized spacial score (nSPS) is 20.0. The van der Waals surface area contributed by atoms with E-state index in [0.29, 0.717) is 25.2 Å². The van der Waals surface area contributed by atoms with Crippen LogP contribution in [-0.2, 0) is 0 Å². The van der Waals surface area contributed by atoms with Crippen LogP contribution in [0.4, 0.5) is 4.79 Å². The van der Waals surface area contributed by atoms with Crippen LogP contribution in [0.5, 0.6) is 5.88 Å². The van der Waals surface area contributed by atoms with Crippen LogP contribution in [0.15, 0.2) is 12.3 Å². The van der Waals surface area contributed by atoms with Crippen molar-refractivity contribution in [1.29, 1.82) is 0 Å². The highest BCUT2D eigenvalue weighted by Crippen LogP contribution is 2.27. The summed E-state index contributed by atoms with van der Waals surface area (Å²) >= 11 is 0. The summed E-state index contributed by atoms with van der Waals surface area (Å²) in [4.78, 5) is 33.1. The lowest BCUT2D eigenvalue weighted by molar-refractivity contribution is 0.0352. The standard InChI is InChI=1S/C23H34N4O5/c1-6-9-24-23(31)26(5)13-20-15(2)12-27(16(3)14-28)22(30)19-10-18(8-7-17(4)29)11-25-21(19)32-20/h10-11,15-17,20,28-29H,6,9,12-14H2,1-5H3,(H,24,31)/t15-,16-,17-,20+/m0/s1. The number of pyridine rings is 1. The van der Waals surface area contributed by atoms with E-state index in [0.717, 1.165) is 6.42 Å². The highest BCUT2D eigenvalue weighted by molar-refractivity contribution is 5.97. The minimum atomic E-state index is -0.811. The van der Waals surface area contributed by atoms with E-state index in [2.05, 4.69) is 22.1 Å². The van der Waals surface area contributed by atoms with Crippen LogP contribution in [0.3, 0.4) is 0 Å². The summed E-state index contributed by atoms with van der Waals surface area (Å²) < 4.78 is 6.15. The van der Waals surface area contributed by atoms with Crippen molar-refractivity contribution in [2.24, 2.45) is 5.92 Å². The first kappa shape index (κ1) is 25.4. The van der Waals surface area contributed by atoms with Crippen molar-refractivity contribution in [2.75, 3.05) is 33.3 Å². The molecule has 0 aliphatic carbocycles. The Labute approximate surface area is 189 Å². The van der Waals surface area contributed by atoms with Crippen molar-refractivity contribution < 1.29 is 24.5 Å². The summed E-state index contributed by atoms with van der Waals surface area (Å²) in [6.45, 7) is 8.30. The van der Waals surface area contributed by atoms with Crippen molar-refractivity contribution in [1.82, 2.24) is 20.1 Å². The maximum Gasteiger partial charge on any atom is 0.317 e. The second-order valence-corrected chi connectivity index (χ2v) is 8.26. The predicted octanol–water partition coefficient (Wildman–Crippen LogP) is 1.09. The van der Waals surface area contributed by atoms with Crippen LogP contribution in [-0.4, -0.2) is 88.5 Å². The largest absolute Gasteiger partial charge is 0.472 e. The second-order valence-electron chi connectivity index (χ2n) is 8.26. The number of nitrogens with zero attached hydrogens (tertiary/aromatic N) is 3. The number of carbonyl (C=O) groups is 2. The number of carbonyl (C=O) groups excluding carboxylic acids is 2. The number of hydrogen-bond donors (Lipinski definition) is 3. The molecule has 4 atom stereocenters. The molecule has 0 fully saturated rings. The van der Waals surface area contributed by atoms with Gasteiger partial charge in [0, 0.05) is 37.8 Å². The highest BCUT2D eigenvalue weighted by atomic mass is 16.5. The molecule has 0 aromatic carbocycles. The predicted molar refractivity (Wildman–Crippen MR) is 120 cm³/mol. The molecule has 0 saturated carbocycles. The van der Waals surface area contributed by atoms with Crippen LogP contribution in [0.2, 0.25) is 0 Å². The molecule has 1 aliphatic rings. The number of aliphatic hydroxyl groups is 2. The molecular formula is C23H34N4O5. The van der Waals surface area contributed by atoms with Gasteiger partial charge in [-0.3, -0.25) is 4.79 Å². The van der Waals surface area contributed by atoms with E-state index in [9.17, 15) is 19.8 Å². The van der Waals surface area contributed by atoms with Crippen LogP contribution in [0, 0.1) is 17.8 Å². The van der Waals surface area contributed by atoms with Crippen LogP contribution >= 0.6 is 0 Å². The van der Waals surface area contributed by atoms with Gasteiger partial charge in [-0.1, -0.05) is 25.7 Å². The minimum absolute atomic E-state index is 0.126. The number of hydrogen-bond acceptors (Lipinski definition) is 6. The zero-order valence-electron chi connectivity index (χ0n) is 19.5. The van der Waals surface area contributed by atoms with Crippen molar-refractivity contribution in [2.45, 2.75) is 52.4 Å². The van der Waals surface area contributed by atoms with Gasteiger partial charge in [-0.15, -0.1) is 0 Å². The van der Waals surface area contributed by atoms with Gasteiger partial charge in [0.2, 0.25) is 5.88 Å². The number of rotatable bonds is 6. The van der Waals surface area contributed by atoms with E-state index >= 15 is 0 Å². The van der Waals surface area contributed by atoms with E-state index in [1.165, 1.54) is 6.20 Å². The Morgan fingerprint density at radius 2 is 2.19 bits per heavy atom. The topological polar surface area (TPSA) is 115 Å². The number of urea groups is 1. The van der Waals surface area contributed by atoms with Gasteiger partial charge in [-0.25, -0.2) is 9.78 Å². The maximum absolute atomic E-state index is 13.3. The lowest BCUT2D eigenvalue weighted by Gasteiger charge is -2.37. The molecule has 176 valence electrons. The molecule has 0 saturated heterocycles. The Kier molecular flexibility index (Phi) is 9.29. The molecule has 0 bridgehead atoms. The first-order valence-corrected chi connectivity index (χ1v) is 10.9. The lowest BCUT2D eigenvalue weighted by atomic mass is 10.00. The smallest absolute Gasteiger partial charge is 0.317 e. The number of ether oxygens (including phenoxy) is 1. The van der Waals surface area contributed by atoms with Gasteiger partial charge in [0.1, 0.15) is 17.8 Å². The van der Waals surface area contributed by atoms with Gasteiger partial charge < -0.3 is 30.1 Å². The summed E-state index contributed by atoms with van der Waals surface area (Å²) in [5, 5.41) is 22.0. The van der Waals surface area contributed by atoms with Crippen LogP contribution < -0.4 is 10.1 Å². The van der Waals surface area contributed by atoms with E-state index in [1.54, 1.807) is 36.8 Å². The van der Waals surface area contributed by atoms with Gasteiger partial charge in [0.15, 0.2) is 0 Å². The number of amides is 3. The molecule has 3 N–H and O–H groups in total. The van der Waals surface area contributed by atoms with E-state index in [1.807, 2.05) is 13.8 Å². The van der Waals surface area contributed by atoms with Crippen molar-refractivity contribution in [3.63, 3.8) is 0 Å². The van der Waals surface area contributed by atoms with E-state index in [-0.39, 0.29) is 35.9 Å². The van der Waals surface area contributed by atoms with E-state index in [4.69, 9.17) is 4.74 Å². The maximum atomic E-state index is 13.3. The van der Waals surface area contributed by atoms with Gasteiger partial charge in [0.05, 0.1) is 19.2 Å². The molecule has 0 radical (unpaired) electrons. The van der Waals surface area contributed by atoms with Crippen LogP contribution in [0.1, 0.15) is 50.0 Å². The molecule has 2 rings (SSSR count). The first-order valence-electron chi connectivity index (χ1n) is 10.9. The summed E-state index contributed by atoms with van der Waals surface area (Å²) in [6.07, 6.45) is 1.09. The van der Waals surface area contributed by atoms with Gasteiger partial charge >= 0.3 is 6.03 Å². The zero-order valence-corrected chi connectivity index (χ0v) is 19.5. The quantitative estimate of drug-likeness (QED) is 0.564. The third-order valence-corrected chi connectivity index (χ3v) is 5.27. The molecule has 0 spiro atoms. The van der Waals surface area contributed by atoms with Gasteiger partial charge in [-0.05, 0) is 26.3 Å². The Morgan fingerprint density at radius 1 is 1.47 bits per heavy atom. The zero-order chi connectivity index (χ0) is 23.8. The van der Waals surface area contributed by atoms with Crippen molar-refractivity contribution in [3.8, 4) is 17.7 Å². The molecule has 2 heterocycles. The summed E-state index contributed by atoms with van der Waals surface area (Å²) in [6, 6.07) is 0.981. The summed E-state index contributed by atoms with van der Waals surface area (Å²) in [7, 11) is 1.70. The number of aromatic nitrogens is 1. The number of fused-ring (bicyclic) bond motifs is 1. The average Bonchev–Trinajstić information content (AvgIpc) is 2.77. The minimum Gasteiger partial charge on any atom is -0.472 e. The van der Waals surface area contributed by atoms with Crippen molar-refractivity contribution in [3.05, 3.63) is 23.4 Å². The Balaban J connectivity index is 2.40. The fourth-order valence-electron chi connectivity index (χ4n) is 3.30. The molecule has 9 nitrogen and oxygen atoms in total.